The molecule has 0 saturated carbocycles. The second-order valence-corrected chi connectivity index (χ2v) is 4.74. The fourth-order valence-corrected chi connectivity index (χ4v) is 1.59. The number of amides is 2. The number of nitrogens with one attached hydrogen (secondary N) is 1. The van der Waals surface area contributed by atoms with Crippen LogP contribution < -0.4 is 5.32 Å². The van der Waals surface area contributed by atoms with Gasteiger partial charge in [0.25, 0.3) is 5.91 Å². The molecule has 0 aliphatic rings. The van der Waals surface area contributed by atoms with Crippen LogP contribution in [0.3, 0.4) is 0 Å². The van der Waals surface area contributed by atoms with Crippen LogP contribution in [0.2, 0.25) is 5.02 Å². The van der Waals surface area contributed by atoms with E-state index in [4.69, 9.17) is 16.7 Å². The summed E-state index contributed by atoms with van der Waals surface area (Å²) >= 11 is 5.93. The number of hydrogen-bond donors (Lipinski definition) is 2. The Morgan fingerprint density at radius 3 is 2.52 bits per heavy atom. The Labute approximate surface area is 126 Å². The SMILES string of the molecule is CN(C)C(=O)c1ccc(Cl)c(NC(=O)COCC(=O)O)c1. The van der Waals surface area contributed by atoms with Crippen molar-refractivity contribution >= 4 is 35.1 Å². The average Bonchev–Trinajstić information content (AvgIpc) is 2.39. The summed E-state index contributed by atoms with van der Waals surface area (Å²) in [6, 6.07) is 4.48. The number of hydrogen-bond acceptors (Lipinski definition) is 4. The molecule has 2 amide bonds. The van der Waals surface area contributed by atoms with Crippen molar-refractivity contribution < 1.29 is 24.2 Å². The Hall–Kier alpha value is -2.12. The number of anilines is 1. The lowest BCUT2D eigenvalue weighted by atomic mass is 10.2. The van der Waals surface area contributed by atoms with Gasteiger partial charge < -0.3 is 20.1 Å². The van der Waals surface area contributed by atoms with Crippen molar-refractivity contribution in [2.45, 2.75) is 0 Å². The van der Waals surface area contributed by atoms with Gasteiger partial charge in [-0.3, -0.25) is 9.59 Å². The van der Waals surface area contributed by atoms with Gasteiger partial charge in [0.1, 0.15) is 13.2 Å². The van der Waals surface area contributed by atoms with Crippen LogP contribution >= 0.6 is 11.6 Å². The first-order valence-corrected chi connectivity index (χ1v) is 6.29. The van der Waals surface area contributed by atoms with Crippen LogP contribution in [0.1, 0.15) is 10.4 Å². The second-order valence-electron chi connectivity index (χ2n) is 4.33. The van der Waals surface area contributed by atoms with Crippen LogP contribution in [0, 0.1) is 0 Å². The monoisotopic (exact) mass is 314 g/mol. The third-order valence-electron chi connectivity index (χ3n) is 2.35. The Bertz CT molecular complexity index is 559. The van der Waals surface area contributed by atoms with E-state index >= 15 is 0 Å². The van der Waals surface area contributed by atoms with Crippen molar-refractivity contribution in [3.05, 3.63) is 28.8 Å². The van der Waals surface area contributed by atoms with E-state index < -0.39 is 25.1 Å². The summed E-state index contributed by atoms with van der Waals surface area (Å²) in [6.07, 6.45) is 0. The lowest BCUT2D eigenvalue weighted by molar-refractivity contribution is -0.143. The Morgan fingerprint density at radius 1 is 1.29 bits per heavy atom. The molecule has 2 N–H and O–H groups in total. The molecular formula is C13H15ClN2O5. The van der Waals surface area contributed by atoms with Crippen molar-refractivity contribution in [2.75, 3.05) is 32.6 Å². The van der Waals surface area contributed by atoms with Gasteiger partial charge in [-0.1, -0.05) is 11.6 Å². The Morgan fingerprint density at radius 2 is 1.95 bits per heavy atom. The smallest absolute Gasteiger partial charge is 0.329 e. The van der Waals surface area contributed by atoms with E-state index in [9.17, 15) is 14.4 Å². The normalized spacial score (nSPS) is 10.0. The van der Waals surface area contributed by atoms with E-state index in [2.05, 4.69) is 10.1 Å². The van der Waals surface area contributed by atoms with E-state index in [1.54, 1.807) is 20.2 Å². The zero-order valence-electron chi connectivity index (χ0n) is 11.6. The Balaban J connectivity index is 2.74. The lowest BCUT2D eigenvalue weighted by Gasteiger charge is -2.13. The number of benzene rings is 1. The summed E-state index contributed by atoms with van der Waals surface area (Å²) in [5.74, 6) is -1.96. The zero-order valence-corrected chi connectivity index (χ0v) is 12.3. The number of carbonyl (C=O) groups is 3. The van der Waals surface area contributed by atoms with Crippen LogP contribution in [0.25, 0.3) is 0 Å². The number of carbonyl (C=O) groups excluding carboxylic acids is 2. The zero-order chi connectivity index (χ0) is 16.0. The maximum absolute atomic E-state index is 11.8. The molecule has 0 aliphatic heterocycles. The van der Waals surface area contributed by atoms with Crippen molar-refractivity contribution in [1.82, 2.24) is 4.90 Å². The fraction of sp³-hybridized carbons (Fsp3) is 0.308. The molecule has 114 valence electrons. The van der Waals surface area contributed by atoms with Gasteiger partial charge in [-0.05, 0) is 18.2 Å². The maximum atomic E-state index is 11.8. The number of carboxylic acid groups (broad SMARTS) is 1. The van der Waals surface area contributed by atoms with Gasteiger partial charge in [0.2, 0.25) is 5.91 Å². The molecule has 0 saturated heterocycles. The third-order valence-corrected chi connectivity index (χ3v) is 2.68. The highest BCUT2D eigenvalue weighted by Gasteiger charge is 2.12. The van der Waals surface area contributed by atoms with Gasteiger partial charge in [0, 0.05) is 19.7 Å². The predicted molar refractivity (Wildman–Crippen MR) is 76.6 cm³/mol. The van der Waals surface area contributed by atoms with E-state index in [1.807, 2.05) is 0 Å². The van der Waals surface area contributed by atoms with Crippen LogP contribution in [0.4, 0.5) is 5.69 Å². The standard InChI is InChI=1S/C13H15ClN2O5/c1-16(2)13(20)8-3-4-9(14)10(5-8)15-11(17)6-21-7-12(18)19/h3-5H,6-7H2,1-2H3,(H,15,17)(H,18,19). The average molecular weight is 315 g/mol. The minimum atomic E-state index is -1.17. The van der Waals surface area contributed by atoms with Gasteiger partial charge in [-0.25, -0.2) is 4.79 Å². The van der Waals surface area contributed by atoms with Gasteiger partial charge in [-0.15, -0.1) is 0 Å². The largest absolute Gasteiger partial charge is 0.480 e. The molecule has 21 heavy (non-hydrogen) atoms. The number of halogens is 1. The molecule has 1 rings (SSSR count). The number of aliphatic carboxylic acids is 1. The van der Waals surface area contributed by atoms with Gasteiger partial charge in [0.05, 0.1) is 10.7 Å². The highest BCUT2D eigenvalue weighted by molar-refractivity contribution is 6.33. The van der Waals surface area contributed by atoms with Gasteiger partial charge >= 0.3 is 5.97 Å². The second kappa shape index (κ2) is 7.61. The van der Waals surface area contributed by atoms with E-state index in [0.717, 1.165) is 0 Å². The third kappa shape index (κ3) is 5.41. The number of ether oxygens (including phenoxy) is 1. The minimum absolute atomic E-state index is 0.232. The minimum Gasteiger partial charge on any atom is -0.480 e. The first kappa shape index (κ1) is 16.9. The summed E-state index contributed by atoms with van der Waals surface area (Å²) in [4.78, 5) is 35.0. The van der Waals surface area contributed by atoms with E-state index in [1.165, 1.54) is 17.0 Å². The number of rotatable bonds is 6. The Kier molecular flexibility index (Phi) is 6.13. The highest BCUT2D eigenvalue weighted by atomic mass is 35.5. The van der Waals surface area contributed by atoms with E-state index in [0.29, 0.717) is 5.56 Å². The molecule has 8 heteroatoms. The van der Waals surface area contributed by atoms with Gasteiger partial charge in [0.15, 0.2) is 0 Å². The lowest BCUT2D eigenvalue weighted by Crippen LogP contribution is -2.23. The van der Waals surface area contributed by atoms with Crippen LogP contribution in [-0.2, 0) is 14.3 Å². The summed E-state index contributed by atoms with van der Waals surface area (Å²) in [5, 5.41) is 11.1. The molecule has 0 aromatic heterocycles. The molecule has 0 heterocycles. The summed E-state index contributed by atoms with van der Waals surface area (Å²) in [5.41, 5.74) is 0.624. The molecule has 1 aromatic carbocycles. The van der Waals surface area contributed by atoms with Crippen LogP contribution in [-0.4, -0.2) is 55.1 Å². The molecule has 0 bridgehead atoms. The molecule has 0 spiro atoms. The van der Waals surface area contributed by atoms with Crippen LogP contribution in [0.15, 0.2) is 18.2 Å². The highest BCUT2D eigenvalue weighted by Crippen LogP contribution is 2.23. The first-order chi connectivity index (χ1) is 9.81. The molecule has 7 nitrogen and oxygen atoms in total. The predicted octanol–water partition coefficient (Wildman–Crippen LogP) is 1.08. The maximum Gasteiger partial charge on any atom is 0.329 e. The molecule has 0 unspecified atom stereocenters. The van der Waals surface area contributed by atoms with Crippen molar-refractivity contribution in [1.29, 1.82) is 0 Å². The molecular weight excluding hydrogens is 300 g/mol. The topological polar surface area (TPSA) is 95.9 Å². The molecule has 0 aliphatic carbocycles. The summed E-state index contributed by atoms with van der Waals surface area (Å²) < 4.78 is 4.66. The first-order valence-electron chi connectivity index (χ1n) is 5.92. The van der Waals surface area contributed by atoms with Crippen LogP contribution in [0.5, 0.6) is 0 Å². The number of nitrogens with zero attached hydrogens (tertiary/aromatic N) is 1. The summed E-state index contributed by atoms with van der Waals surface area (Å²) in [7, 11) is 3.21. The quantitative estimate of drug-likeness (QED) is 0.819. The van der Waals surface area contributed by atoms with E-state index in [-0.39, 0.29) is 16.6 Å². The van der Waals surface area contributed by atoms with Gasteiger partial charge in [-0.2, -0.15) is 0 Å². The van der Waals surface area contributed by atoms with Crippen molar-refractivity contribution in [2.24, 2.45) is 0 Å². The molecule has 0 atom stereocenters. The van der Waals surface area contributed by atoms with Crippen molar-refractivity contribution in [3.8, 4) is 0 Å². The fourth-order valence-electron chi connectivity index (χ4n) is 1.43. The van der Waals surface area contributed by atoms with Crippen molar-refractivity contribution in [3.63, 3.8) is 0 Å². The summed E-state index contributed by atoms with van der Waals surface area (Å²) in [6.45, 7) is -0.991. The molecule has 1 aromatic rings. The molecule has 0 radical (unpaired) electrons. The molecule has 0 fully saturated rings. The number of carboxylic acids is 1.